The molecule has 2 nitrogen and oxygen atoms in total. The average molecular weight is 270 g/mol. The molecule has 0 radical (unpaired) electrons. The minimum atomic E-state index is -0.646. The zero-order valence-corrected chi connectivity index (χ0v) is 11.6. The third kappa shape index (κ3) is 3.25. The molecular formula is C14H19FO2S. The van der Waals surface area contributed by atoms with Crippen LogP contribution in [0.4, 0.5) is 4.39 Å². The van der Waals surface area contributed by atoms with E-state index >= 15 is 0 Å². The highest BCUT2D eigenvalue weighted by Crippen LogP contribution is 2.32. The van der Waals surface area contributed by atoms with E-state index in [9.17, 15) is 9.50 Å². The van der Waals surface area contributed by atoms with Crippen molar-refractivity contribution in [3.05, 3.63) is 29.1 Å². The van der Waals surface area contributed by atoms with Crippen LogP contribution >= 0.6 is 11.8 Å². The Kier molecular flexibility index (Phi) is 4.65. The largest absolute Gasteiger partial charge is 0.389 e. The van der Waals surface area contributed by atoms with E-state index in [0.717, 1.165) is 30.1 Å². The van der Waals surface area contributed by atoms with Crippen LogP contribution in [-0.4, -0.2) is 23.6 Å². The number of aryl methyl sites for hydroxylation is 1. The first-order valence-corrected chi connectivity index (χ1v) is 7.29. The Morgan fingerprint density at radius 2 is 2.33 bits per heavy atom. The number of halogens is 1. The Labute approximate surface area is 112 Å². The van der Waals surface area contributed by atoms with Crippen molar-refractivity contribution >= 4 is 11.8 Å². The van der Waals surface area contributed by atoms with Crippen LogP contribution in [0, 0.1) is 12.7 Å². The second-order valence-corrected chi connectivity index (χ2v) is 5.82. The minimum absolute atomic E-state index is 0.257. The number of hydrogen-bond donors (Lipinski definition) is 1. The van der Waals surface area contributed by atoms with Gasteiger partial charge in [0.25, 0.3) is 0 Å². The molecule has 1 N–H and O–H groups in total. The van der Waals surface area contributed by atoms with Gasteiger partial charge < -0.3 is 9.84 Å². The molecule has 0 saturated carbocycles. The molecule has 1 aliphatic rings. The highest BCUT2D eigenvalue weighted by molar-refractivity contribution is 7.99. The molecule has 0 aliphatic carbocycles. The van der Waals surface area contributed by atoms with Gasteiger partial charge in [-0.05, 0) is 49.9 Å². The van der Waals surface area contributed by atoms with Crippen molar-refractivity contribution in [2.45, 2.75) is 43.8 Å². The van der Waals surface area contributed by atoms with Crippen LogP contribution < -0.4 is 0 Å². The van der Waals surface area contributed by atoms with E-state index in [1.165, 1.54) is 6.07 Å². The zero-order valence-electron chi connectivity index (χ0n) is 10.8. The summed E-state index contributed by atoms with van der Waals surface area (Å²) < 4.78 is 19.1. The molecule has 1 fully saturated rings. The van der Waals surface area contributed by atoms with E-state index in [1.807, 2.05) is 6.07 Å². The molecule has 100 valence electrons. The number of thioether (sulfide) groups is 1. The van der Waals surface area contributed by atoms with Gasteiger partial charge in [-0.1, -0.05) is 0 Å². The van der Waals surface area contributed by atoms with Gasteiger partial charge in [-0.15, -0.1) is 11.8 Å². The van der Waals surface area contributed by atoms with Gasteiger partial charge in [-0.25, -0.2) is 4.39 Å². The van der Waals surface area contributed by atoms with Gasteiger partial charge in [-0.3, -0.25) is 0 Å². The Balaban J connectivity index is 2.12. The number of aliphatic hydroxyl groups is 1. The van der Waals surface area contributed by atoms with E-state index in [4.69, 9.17) is 4.74 Å². The zero-order chi connectivity index (χ0) is 13.1. The highest BCUT2D eigenvalue weighted by Gasteiger charge is 2.18. The minimum Gasteiger partial charge on any atom is -0.389 e. The number of rotatable bonds is 4. The van der Waals surface area contributed by atoms with Crippen LogP contribution in [0.1, 0.15) is 37.0 Å². The van der Waals surface area contributed by atoms with Crippen LogP contribution in [0.2, 0.25) is 0 Å². The number of benzene rings is 1. The lowest BCUT2D eigenvalue weighted by atomic mass is 10.1. The molecular weight excluding hydrogens is 251 g/mol. The van der Waals surface area contributed by atoms with Gasteiger partial charge in [0.05, 0.1) is 12.2 Å². The van der Waals surface area contributed by atoms with E-state index in [1.54, 1.807) is 25.6 Å². The third-order valence-electron chi connectivity index (χ3n) is 3.19. The normalized spacial score (nSPS) is 21.2. The van der Waals surface area contributed by atoms with Crippen molar-refractivity contribution in [1.82, 2.24) is 0 Å². The summed E-state index contributed by atoms with van der Waals surface area (Å²) in [7, 11) is 0. The SMILES string of the molecule is Cc1cc(SCC2CCCO2)c([C@H](C)O)cc1F. The van der Waals surface area contributed by atoms with Crippen molar-refractivity contribution < 1.29 is 14.2 Å². The Hall–Kier alpha value is -0.580. The van der Waals surface area contributed by atoms with E-state index in [2.05, 4.69) is 0 Å². The average Bonchev–Trinajstić information content (AvgIpc) is 2.83. The molecule has 1 heterocycles. The third-order valence-corrected chi connectivity index (χ3v) is 4.39. The lowest BCUT2D eigenvalue weighted by molar-refractivity contribution is 0.129. The summed E-state index contributed by atoms with van der Waals surface area (Å²) in [4.78, 5) is 0.958. The second kappa shape index (κ2) is 6.04. The fourth-order valence-electron chi connectivity index (χ4n) is 2.08. The molecule has 0 amide bonds. The number of hydrogen-bond acceptors (Lipinski definition) is 3. The summed E-state index contributed by atoms with van der Waals surface area (Å²) >= 11 is 1.64. The Morgan fingerprint density at radius 3 is 2.94 bits per heavy atom. The van der Waals surface area contributed by atoms with Gasteiger partial charge >= 0.3 is 0 Å². The van der Waals surface area contributed by atoms with Crippen molar-refractivity contribution in [3.8, 4) is 0 Å². The lowest BCUT2D eigenvalue weighted by Gasteiger charge is -2.15. The topological polar surface area (TPSA) is 29.5 Å². The van der Waals surface area contributed by atoms with Crippen molar-refractivity contribution in [2.24, 2.45) is 0 Å². The monoisotopic (exact) mass is 270 g/mol. The molecule has 0 spiro atoms. The number of ether oxygens (including phenoxy) is 1. The molecule has 2 rings (SSSR count). The molecule has 1 unspecified atom stereocenters. The first-order chi connectivity index (χ1) is 8.58. The van der Waals surface area contributed by atoms with E-state index < -0.39 is 6.10 Å². The van der Waals surface area contributed by atoms with Crippen molar-refractivity contribution in [2.75, 3.05) is 12.4 Å². The maximum absolute atomic E-state index is 13.5. The fourth-order valence-corrected chi connectivity index (χ4v) is 3.36. The van der Waals surface area contributed by atoms with Crippen molar-refractivity contribution in [3.63, 3.8) is 0 Å². The van der Waals surface area contributed by atoms with Crippen LogP contribution in [0.25, 0.3) is 0 Å². The van der Waals surface area contributed by atoms with Gasteiger partial charge in [0.1, 0.15) is 5.82 Å². The predicted octanol–water partition coefficient (Wildman–Crippen LogP) is 3.46. The standard InChI is InChI=1S/C14H19FO2S/c1-9-6-14(12(10(2)16)7-13(9)15)18-8-11-4-3-5-17-11/h6-7,10-11,16H,3-5,8H2,1-2H3/t10-,11?/m0/s1. The van der Waals surface area contributed by atoms with Crippen LogP contribution in [0.3, 0.4) is 0 Å². The summed E-state index contributed by atoms with van der Waals surface area (Å²) in [6.45, 7) is 4.26. The van der Waals surface area contributed by atoms with Gasteiger partial charge in [0, 0.05) is 17.3 Å². The molecule has 2 atom stereocenters. The van der Waals surface area contributed by atoms with Crippen LogP contribution in [-0.2, 0) is 4.74 Å². The first kappa shape index (κ1) is 13.8. The van der Waals surface area contributed by atoms with Crippen LogP contribution in [0.15, 0.2) is 17.0 Å². The summed E-state index contributed by atoms with van der Waals surface area (Å²) in [6, 6.07) is 3.26. The van der Waals surface area contributed by atoms with E-state index in [-0.39, 0.29) is 5.82 Å². The molecule has 1 aromatic carbocycles. The Morgan fingerprint density at radius 1 is 1.56 bits per heavy atom. The van der Waals surface area contributed by atoms with Crippen molar-refractivity contribution in [1.29, 1.82) is 0 Å². The molecule has 1 aliphatic heterocycles. The van der Waals surface area contributed by atoms with Gasteiger partial charge in [0.15, 0.2) is 0 Å². The molecule has 4 heteroatoms. The summed E-state index contributed by atoms with van der Waals surface area (Å²) in [6.07, 6.45) is 1.86. The molecule has 18 heavy (non-hydrogen) atoms. The first-order valence-electron chi connectivity index (χ1n) is 6.30. The number of aliphatic hydroxyl groups excluding tert-OH is 1. The van der Waals surface area contributed by atoms with Gasteiger partial charge in [0.2, 0.25) is 0 Å². The maximum Gasteiger partial charge on any atom is 0.126 e. The maximum atomic E-state index is 13.5. The summed E-state index contributed by atoms with van der Waals surface area (Å²) in [5, 5.41) is 9.70. The summed E-state index contributed by atoms with van der Waals surface area (Å²) in [5.74, 6) is 0.609. The summed E-state index contributed by atoms with van der Waals surface area (Å²) in [5.41, 5.74) is 1.29. The second-order valence-electron chi connectivity index (χ2n) is 4.76. The van der Waals surface area contributed by atoms with Gasteiger partial charge in [-0.2, -0.15) is 0 Å². The Bertz CT molecular complexity index is 415. The molecule has 0 aromatic heterocycles. The van der Waals surface area contributed by atoms with Crippen LogP contribution in [0.5, 0.6) is 0 Å². The van der Waals surface area contributed by atoms with E-state index in [0.29, 0.717) is 17.2 Å². The molecule has 1 aromatic rings. The molecule has 1 saturated heterocycles. The predicted molar refractivity (Wildman–Crippen MR) is 71.5 cm³/mol. The fraction of sp³-hybridized carbons (Fsp3) is 0.571. The quantitative estimate of drug-likeness (QED) is 0.850. The molecule has 0 bridgehead atoms. The lowest BCUT2D eigenvalue weighted by Crippen LogP contribution is -2.08. The smallest absolute Gasteiger partial charge is 0.126 e. The highest BCUT2D eigenvalue weighted by atomic mass is 32.2.